The number of nitrogens with zero attached hydrogens (tertiary/aromatic N) is 3. The summed E-state index contributed by atoms with van der Waals surface area (Å²) in [5, 5.41) is 0. The SMILES string of the molecule is Cc1cccc(N(C)C(=O)c2ccc3c(c2)nc(C)n3C)c1C. The summed E-state index contributed by atoms with van der Waals surface area (Å²) < 4.78 is 2.03. The number of carbonyl (C=O) groups is 1. The maximum absolute atomic E-state index is 12.8. The molecule has 4 heteroatoms. The van der Waals surface area contributed by atoms with E-state index in [4.69, 9.17) is 0 Å². The molecule has 0 saturated heterocycles. The van der Waals surface area contributed by atoms with Crippen LogP contribution in [0.15, 0.2) is 36.4 Å². The van der Waals surface area contributed by atoms with Gasteiger partial charge in [0.2, 0.25) is 0 Å². The monoisotopic (exact) mass is 307 g/mol. The van der Waals surface area contributed by atoms with Crippen molar-refractivity contribution in [2.45, 2.75) is 20.8 Å². The van der Waals surface area contributed by atoms with Crippen molar-refractivity contribution in [3.8, 4) is 0 Å². The zero-order valence-corrected chi connectivity index (χ0v) is 14.2. The molecule has 0 N–H and O–H groups in total. The first-order chi connectivity index (χ1) is 10.9. The van der Waals surface area contributed by atoms with E-state index in [1.165, 1.54) is 5.56 Å². The number of fused-ring (bicyclic) bond motifs is 1. The fourth-order valence-corrected chi connectivity index (χ4v) is 2.86. The molecule has 0 saturated carbocycles. The van der Waals surface area contributed by atoms with Crippen molar-refractivity contribution in [1.82, 2.24) is 9.55 Å². The van der Waals surface area contributed by atoms with Crippen molar-refractivity contribution in [3.63, 3.8) is 0 Å². The van der Waals surface area contributed by atoms with E-state index in [1.807, 2.05) is 62.8 Å². The Labute approximate surface area is 136 Å². The molecular weight excluding hydrogens is 286 g/mol. The predicted octanol–water partition coefficient (Wildman–Crippen LogP) is 3.78. The van der Waals surface area contributed by atoms with Gasteiger partial charge in [0.25, 0.3) is 5.91 Å². The van der Waals surface area contributed by atoms with E-state index >= 15 is 0 Å². The summed E-state index contributed by atoms with van der Waals surface area (Å²) in [6, 6.07) is 11.7. The molecule has 0 radical (unpaired) electrons. The van der Waals surface area contributed by atoms with Gasteiger partial charge in [0, 0.05) is 25.3 Å². The van der Waals surface area contributed by atoms with Crippen LogP contribution in [-0.2, 0) is 7.05 Å². The highest BCUT2D eigenvalue weighted by atomic mass is 16.2. The van der Waals surface area contributed by atoms with Crippen molar-refractivity contribution in [2.75, 3.05) is 11.9 Å². The van der Waals surface area contributed by atoms with E-state index < -0.39 is 0 Å². The third-order valence-electron chi connectivity index (χ3n) is 4.59. The second kappa shape index (κ2) is 5.54. The van der Waals surface area contributed by atoms with Crippen LogP contribution in [0.25, 0.3) is 11.0 Å². The van der Waals surface area contributed by atoms with Gasteiger partial charge in [0.1, 0.15) is 5.82 Å². The second-order valence-electron chi connectivity index (χ2n) is 6.00. The first-order valence-corrected chi connectivity index (χ1v) is 7.67. The fraction of sp³-hybridized carbons (Fsp3) is 0.263. The first-order valence-electron chi connectivity index (χ1n) is 7.67. The largest absolute Gasteiger partial charge is 0.331 e. The smallest absolute Gasteiger partial charge is 0.258 e. The molecule has 118 valence electrons. The normalized spacial score (nSPS) is 11.0. The van der Waals surface area contributed by atoms with E-state index in [1.54, 1.807) is 4.90 Å². The maximum atomic E-state index is 12.8. The van der Waals surface area contributed by atoms with Gasteiger partial charge in [-0.2, -0.15) is 0 Å². The minimum absolute atomic E-state index is 0.0242. The molecule has 0 aliphatic carbocycles. The van der Waals surface area contributed by atoms with E-state index in [9.17, 15) is 4.79 Å². The molecule has 1 heterocycles. The molecule has 23 heavy (non-hydrogen) atoms. The Morgan fingerprint density at radius 3 is 2.61 bits per heavy atom. The van der Waals surface area contributed by atoms with Gasteiger partial charge in [-0.3, -0.25) is 4.79 Å². The van der Waals surface area contributed by atoms with E-state index in [0.717, 1.165) is 28.1 Å². The van der Waals surface area contributed by atoms with Crippen molar-refractivity contribution in [3.05, 3.63) is 58.9 Å². The Hall–Kier alpha value is -2.62. The predicted molar refractivity (Wildman–Crippen MR) is 94.1 cm³/mol. The van der Waals surface area contributed by atoms with E-state index in [2.05, 4.69) is 18.0 Å². The molecular formula is C19H21N3O. The molecule has 3 aromatic rings. The molecule has 4 nitrogen and oxygen atoms in total. The Kier molecular flexibility index (Phi) is 3.68. The average molecular weight is 307 g/mol. The van der Waals surface area contributed by atoms with E-state index in [-0.39, 0.29) is 5.91 Å². The standard InChI is InChI=1S/C19H21N3O/c1-12-7-6-8-17(13(12)2)22(5)19(23)15-9-10-18-16(11-15)20-14(3)21(18)4/h6-11H,1-5H3. The number of carbonyl (C=O) groups excluding carboxylic acids is 1. The molecule has 0 bridgehead atoms. The number of imidazole rings is 1. The summed E-state index contributed by atoms with van der Waals surface area (Å²) in [6.45, 7) is 6.06. The Morgan fingerprint density at radius 2 is 1.87 bits per heavy atom. The second-order valence-corrected chi connectivity index (χ2v) is 6.00. The van der Waals surface area contributed by atoms with Crippen molar-refractivity contribution in [1.29, 1.82) is 0 Å². The minimum atomic E-state index is -0.0242. The summed E-state index contributed by atoms with van der Waals surface area (Å²) in [5.74, 6) is 0.913. The molecule has 1 aromatic heterocycles. The van der Waals surface area contributed by atoms with Gasteiger partial charge in [0.15, 0.2) is 0 Å². The molecule has 0 aliphatic heterocycles. The highest BCUT2D eigenvalue weighted by Gasteiger charge is 2.17. The Morgan fingerprint density at radius 1 is 1.13 bits per heavy atom. The summed E-state index contributed by atoms with van der Waals surface area (Å²) >= 11 is 0. The molecule has 0 atom stereocenters. The van der Waals surface area contributed by atoms with Crippen LogP contribution in [0.1, 0.15) is 27.3 Å². The molecule has 0 aliphatic rings. The molecule has 0 fully saturated rings. The van der Waals surface area contributed by atoms with E-state index in [0.29, 0.717) is 5.56 Å². The maximum Gasteiger partial charge on any atom is 0.258 e. The van der Waals surface area contributed by atoms with Crippen LogP contribution in [0.5, 0.6) is 0 Å². The van der Waals surface area contributed by atoms with Crippen LogP contribution in [0.4, 0.5) is 5.69 Å². The van der Waals surface area contributed by atoms with Gasteiger partial charge < -0.3 is 9.47 Å². The number of rotatable bonds is 2. The average Bonchev–Trinajstić information content (AvgIpc) is 2.83. The Bertz CT molecular complexity index is 908. The number of aromatic nitrogens is 2. The lowest BCUT2D eigenvalue weighted by Crippen LogP contribution is -2.27. The highest BCUT2D eigenvalue weighted by Crippen LogP contribution is 2.24. The third-order valence-corrected chi connectivity index (χ3v) is 4.59. The van der Waals surface area contributed by atoms with Crippen molar-refractivity contribution >= 4 is 22.6 Å². The van der Waals surface area contributed by atoms with Gasteiger partial charge in [-0.15, -0.1) is 0 Å². The lowest BCUT2D eigenvalue weighted by Gasteiger charge is -2.20. The number of hydrogen-bond donors (Lipinski definition) is 0. The zero-order valence-electron chi connectivity index (χ0n) is 14.2. The number of aryl methyl sites for hydroxylation is 3. The summed E-state index contributed by atoms with van der Waals surface area (Å²) in [6.07, 6.45) is 0. The van der Waals surface area contributed by atoms with Crippen LogP contribution in [0.3, 0.4) is 0 Å². The van der Waals surface area contributed by atoms with Crippen LogP contribution in [0.2, 0.25) is 0 Å². The van der Waals surface area contributed by atoms with Crippen molar-refractivity contribution < 1.29 is 4.79 Å². The Balaban J connectivity index is 2.01. The fourth-order valence-electron chi connectivity index (χ4n) is 2.86. The minimum Gasteiger partial charge on any atom is -0.331 e. The lowest BCUT2D eigenvalue weighted by atomic mass is 10.1. The molecule has 0 spiro atoms. The lowest BCUT2D eigenvalue weighted by molar-refractivity contribution is 0.0993. The third kappa shape index (κ3) is 2.50. The summed E-state index contributed by atoms with van der Waals surface area (Å²) in [5.41, 5.74) is 5.78. The van der Waals surface area contributed by atoms with Gasteiger partial charge in [-0.05, 0) is 56.2 Å². The van der Waals surface area contributed by atoms with Crippen molar-refractivity contribution in [2.24, 2.45) is 7.05 Å². The molecule has 2 aromatic carbocycles. The molecule has 0 unspecified atom stereocenters. The van der Waals surface area contributed by atoms with Gasteiger partial charge in [0.05, 0.1) is 11.0 Å². The number of amides is 1. The van der Waals surface area contributed by atoms with Gasteiger partial charge in [-0.25, -0.2) is 4.98 Å². The van der Waals surface area contributed by atoms with Gasteiger partial charge in [-0.1, -0.05) is 12.1 Å². The summed E-state index contributed by atoms with van der Waals surface area (Å²) in [4.78, 5) is 19.1. The quantitative estimate of drug-likeness (QED) is 0.722. The highest BCUT2D eigenvalue weighted by molar-refractivity contribution is 6.07. The topological polar surface area (TPSA) is 38.1 Å². The number of hydrogen-bond acceptors (Lipinski definition) is 2. The van der Waals surface area contributed by atoms with Crippen LogP contribution in [0, 0.1) is 20.8 Å². The zero-order chi connectivity index (χ0) is 16.7. The van der Waals surface area contributed by atoms with Crippen LogP contribution >= 0.6 is 0 Å². The van der Waals surface area contributed by atoms with Crippen LogP contribution < -0.4 is 4.90 Å². The van der Waals surface area contributed by atoms with Gasteiger partial charge >= 0.3 is 0 Å². The molecule has 1 amide bonds. The first kappa shape index (κ1) is 15.3. The number of anilines is 1. The molecule has 3 rings (SSSR count). The van der Waals surface area contributed by atoms with Crippen LogP contribution in [-0.4, -0.2) is 22.5 Å². The number of benzene rings is 2. The summed E-state index contributed by atoms with van der Waals surface area (Å²) in [7, 11) is 3.80.